The third-order valence-corrected chi connectivity index (χ3v) is 3.46. The van der Waals surface area contributed by atoms with Gasteiger partial charge >= 0.3 is 0 Å². The van der Waals surface area contributed by atoms with Crippen LogP contribution in [0.4, 0.5) is 5.69 Å². The number of hydrogen-bond acceptors (Lipinski definition) is 3. The number of carbonyl (C=O) groups excluding carboxylic acids is 1. The number of fused-ring (bicyclic) bond motifs is 1. The topological polar surface area (TPSA) is 40.5 Å². The van der Waals surface area contributed by atoms with Crippen molar-refractivity contribution < 1.29 is 9.90 Å². The highest BCUT2D eigenvalue weighted by Gasteiger charge is 2.30. The molecule has 18 heavy (non-hydrogen) atoms. The number of rotatable bonds is 3. The maximum Gasteiger partial charge on any atom is 0.150 e. The molecule has 1 aliphatic heterocycles. The number of aliphatic hydroxyl groups excluding tert-OH is 1. The second-order valence-electron chi connectivity index (χ2n) is 5.25. The van der Waals surface area contributed by atoms with Crippen molar-refractivity contribution in [3.05, 3.63) is 35.4 Å². The van der Waals surface area contributed by atoms with E-state index in [1.54, 1.807) is 0 Å². The molecular weight excluding hydrogens is 226 g/mol. The predicted octanol–water partition coefficient (Wildman–Crippen LogP) is 2.49. The van der Waals surface area contributed by atoms with E-state index >= 15 is 0 Å². The molecule has 0 amide bonds. The summed E-state index contributed by atoms with van der Waals surface area (Å²) in [4.78, 5) is 13.0. The molecule has 0 fully saturated rings. The Morgan fingerprint density at radius 1 is 1.39 bits per heavy atom. The normalized spacial score (nSPS) is 17.1. The zero-order chi connectivity index (χ0) is 13.3. The van der Waals surface area contributed by atoms with Gasteiger partial charge in [0.1, 0.15) is 6.29 Å². The predicted molar refractivity (Wildman–Crippen MR) is 74.0 cm³/mol. The van der Waals surface area contributed by atoms with Crippen molar-refractivity contribution in [2.45, 2.75) is 26.3 Å². The monoisotopic (exact) mass is 245 g/mol. The van der Waals surface area contributed by atoms with Crippen LogP contribution in [-0.4, -0.2) is 30.1 Å². The fraction of sp³-hybridized carbons (Fsp3) is 0.400. The first-order valence-electron chi connectivity index (χ1n) is 6.17. The first-order valence-corrected chi connectivity index (χ1v) is 6.17. The van der Waals surface area contributed by atoms with Crippen molar-refractivity contribution in [3.63, 3.8) is 0 Å². The zero-order valence-corrected chi connectivity index (χ0v) is 11.1. The maximum absolute atomic E-state index is 10.9. The summed E-state index contributed by atoms with van der Waals surface area (Å²) in [6.07, 6.45) is 3.04. The molecule has 2 rings (SSSR count). The van der Waals surface area contributed by atoms with E-state index in [1.165, 1.54) is 5.57 Å². The van der Waals surface area contributed by atoms with E-state index in [1.807, 2.05) is 18.2 Å². The summed E-state index contributed by atoms with van der Waals surface area (Å²) < 4.78 is 0. The van der Waals surface area contributed by atoms with Gasteiger partial charge in [0, 0.05) is 23.4 Å². The third-order valence-electron chi connectivity index (χ3n) is 3.46. The van der Waals surface area contributed by atoms with Crippen LogP contribution in [0.1, 0.15) is 36.7 Å². The fourth-order valence-corrected chi connectivity index (χ4v) is 2.68. The molecule has 0 aliphatic carbocycles. The van der Waals surface area contributed by atoms with Crippen LogP contribution in [0, 0.1) is 0 Å². The van der Waals surface area contributed by atoms with E-state index in [4.69, 9.17) is 0 Å². The lowest BCUT2D eigenvalue weighted by Crippen LogP contribution is -2.46. The Hall–Kier alpha value is -1.61. The van der Waals surface area contributed by atoms with Crippen LogP contribution in [0.3, 0.4) is 0 Å². The van der Waals surface area contributed by atoms with Gasteiger partial charge in [0.25, 0.3) is 0 Å². The molecule has 1 aromatic carbocycles. The largest absolute Gasteiger partial charge is 0.395 e. The molecule has 1 aromatic rings. The fourth-order valence-electron chi connectivity index (χ4n) is 2.68. The standard InChI is InChI=1S/C15H19NO2/c1-11-9-15(2,3)16(6-7-17)14-5-4-12(10-18)8-13(11)14/h4-5,8-10,17H,6-7H2,1-3H3. The van der Waals surface area contributed by atoms with Gasteiger partial charge in [-0.2, -0.15) is 0 Å². The number of β-amino-alcohol motifs (C(OH)–C–C–N with tert-alkyl or cyclic N) is 1. The van der Waals surface area contributed by atoms with Gasteiger partial charge in [-0.05, 0) is 44.5 Å². The minimum atomic E-state index is -0.123. The van der Waals surface area contributed by atoms with Crippen LogP contribution in [0.15, 0.2) is 24.3 Å². The Bertz CT molecular complexity index is 503. The van der Waals surface area contributed by atoms with Gasteiger partial charge in [-0.15, -0.1) is 0 Å². The van der Waals surface area contributed by atoms with Gasteiger partial charge in [-0.25, -0.2) is 0 Å². The SMILES string of the molecule is CC1=CC(C)(C)N(CCO)c2ccc(C=O)cc21. The molecule has 0 bridgehead atoms. The van der Waals surface area contributed by atoms with Crippen molar-refractivity contribution >= 4 is 17.5 Å². The number of allylic oxidation sites excluding steroid dienone is 1. The molecule has 1 N–H and O–H groups in total. The maximum atomic E-state index is 10.9. The minimum Gasteiger partial charge on any atom is -0.395 e. The molecular formula is C15H19NO2. The lowest BCUT2D eigenvalue weighted by atomic mass is 9.88. The highest BCUT2D eigenvalue weighted by molar-refractivity contribution is 5.86. The average Bonchev–Trinajstić information content (AvgIpc) is 2.33. The quantitative estimate of drug-likeness (QED) is 0.832. The summed E-state index contributed by atoms with van der Waals surface area (Å²) in [5.41, 5.74) is 3.90. The van der Waals surface area contributed by atoms with Crippen molar-refractivity contribution in [3.8, 4) is 0 Å². The molecule has 0 unspecified atom stereocenters. The lowest BCUT2D eigenvalue weighted by Gasteiger charge is -2.43. The molecule has 3 heteroatoms. The summed E-state index contributed by atoms with van der Waals surface area (Å²) in [5.74, 6) is 0. The zero-order valence-electron chi connectivity index (χ0n) is 11.1. The highest BCUT2D eigenvalue weighted by atomic mass is 16.3. The van der Waals surface area contributed by atoms with Gasteiger partial charge in [0.15, 0.2) is 0 Å². The Balaban J connectivity index is 2.57. The van der Waals surface area contributed by atoms with E-state index in [2.05, 4.69) is 31.7 Å². The molecule has 0 aromatic heterocycles. The Labute approximate surface area is 108 Å². The number of carbonyl (C=O) groups is 1. The highest BCUT2D eigenvalue weighted by Crippen LogP contribution is 2.38. The van der Waals surface area contributed by atoms with Gasteiger partial charge in [0.2, 0.25) is 0 Å². The van der Waals surface area contributed by atoms with E-state index in [-0.39, 0.29) is 12.1 Å². The van der Waals surface area contributed by atoms with Crippen LogP contribution in [0.5, 0.6) is 0 Å². The van der Waals surface area contributed by atoms with E-state index in [0.29, 0.717) is 12.1 Å². The average molecular weight is 245 g/mol. The number of aliphatic hydroxyl groups is 1. The van der Waals surface area contributed by atoms with Crippen molar-refractivity contribution in [2.24, 2.45) is 0 Å². The molecule has 0 radical (unpaired) electrons. The summed E-state index contributed by atoms with van der Waals surface area (Å²) in [6, 6.07) is 5.70. The first-order chi connectivity index (χ1) is 8.49. The van der Waals surface area contributed by atoms with Crippen LogP contribution >= 0.6 is 0 Å². The van der Waals surface area contributed by atoms with Crippen LogP contribution < -0.4 is 4.90 Å². The molecule has 3 nitrogen and oxygen atoms in total. The van der Waals surface area contributed by atoms with Crippen LogP contribution in [0.2, 0.25) is 0 Å². The second-order valence-corrected chi connectivity index (χ2v) is 5.25. The van der Waals surface area contributed by atoms with Gasteiger partial charge in [-0.1, -0.05) is 6.08 Å². The number of benzene rings is 1. The molecule has 0 saturated heterocycles. The van der Waals surface area contributed by atoms with E-state index < -0.39 is 0 Å². The number of hydrogen-bond donors (Lipinski definition) is 1. The van der Waals surface area contributed by atoms with E-state index in [0.717, 1.165) is 17.5 Å². The van der Waals surface area contributed by atoms with Crippen molar-refractivity contribution in [1.82, 2.24) is 0 Å². The summed E-state index contributed by atoms with van der Waals surface area (Å²) in [5, 5.41) is 9.22. The second kappa shape index (κ2) is 4.58. The molecule has 0 spiro atoms. The van der Waals surface area contributed by atoms with Crippen LogP contribution in [-0.2, 0) is 0 Å². The van der Waals surface area contributed by atoms with Crippen LogP contribution in [0.25, 0.3) is 5.57 Å². The van der Waals surface area contributed by atoms with Crippen molar-refractivity contribution in [2.75, 3.05) is 18.1 Å². The molecule has 0 saturated carbocycles. The number of nitrogens with zero attached hydrogens (tertiary/aromatic N) is 1. The van der Waals surface area contributed by atoms with Crippen molar-refractivity contribution in [1.29, 1.82) is 0 Å². The summed E-state index contributed by atoms with van der Waals surface area (Å²) in [6.45, 7) is 7.02. The number of anilines is 1. The Morgan fingerprint density at radius 2 is 2.11 bits per heavy atom. The molecule has 96 valence electrons. The summed E-state index contributed by atoms with van der Waals surface area (Å²) >= 11 is 0. The first kappa shape index (κ1) is 12.8. The van der Waals surface area contributed by atoms with E-state index in [9.17, 15) is 9.90 Å². The minimum absolute atomic E-state index is 0.116. The Morgan fingerprint density at radius 3 is 2.72 bits per heavy atom. The smallest absolute Gasteiger partial charge is 0.150 e. The Kier molecular flexibility index (Phi) is 3.26. The number of aldehydes is 1. The lowest BCUT2D eigenvalue weighted by molar-refractivity contribution is 0.112. The third kappa shape index (κ3) is 2.06. The van der Waals surface area contributed by atoms with Gasteiger partial charge in [0.05, 0.1) is 12.1 Å². The van der Waals surface area contributed by atoms with Gasteiger partial charge in [-0.3, -0.25) is 4.79 Å². The molecule has 1 aliphatic rings. The molecule has 1 heterocycles. The summed E-state index contributed by atoms with van der Waals surface area (Å²) in [7, 11) is 0. The molecule has 0 atom stereocenters. The van der Waals surface area contributed by atoms with Gasteiger partial charge < -0.3 is 10.0 Å².